The van der Waals surface area contributed by atoms with E-state index in [0.29, 0.717) is 12.8 Å². The van der Waals surface area contributed by atoms with Crippen molar-refractivity contribution >= 4 is 17.3 Å². The van der Waals surface area contributed by atoms with Crippen LogP contribution < -0.4 is 10.6 Å². The molecule has 0 bridgehead atoms. The normalized spacial score (nSPS) is 13.9. The second-order valence-corrected chi connectivity index (χ2v) is 4.91. The number of carbonyl (C=O) groups excluding carboxylic acids is 3. The molecule has 0 radical (unpaired) electrons. The summed E-state index contributed by atoms with van der Waals surface area (Å²) in [7, 11) is 1.82. The van der Waals surface area contributed by atoms with Gasteiger partial charge in [-0.25, -0.2) is 0 Å². The van der Waals surface area contributed by atoms with E-state index in [-0.39, 0.29) is 42.3 Å². The Balaban J connectivity index is 4.29. The highest BCUT2D eigenvalue weighted by atomic mass is 16.1. The molecular formula is C14H26N2O3. The fourth-order valence-electron chi connectivity index (χ4n) is 1.94. The summed E-state index contributed by atoms with van der Waals surface area (Å²) in [5, 5.41) is 5.97. The number of nitrogens with one attached hydrogen (secondary N) is 2. The Morgan fingerprint density at radius 3 is 2.21 bits per heavy atom. The smallest absolute Gasteiger partial charge is 0.150 e. The Morgan fingerprint density at radius 2 is 1.79 bits per heavy atom. The van der Waals surface area contributed by atoms with Crippen molar-refractivity contribution in [3.05, 3.63) is 0 Å². The molecule has 0 aliphatic carbocycles. The van der Waals surface area contributed by atoms with E-state index in [1.807, 2.05) is 14.0 Å². The third-order valence-corrected chi connectivity index (χ3v) is 3.18. The highest BCUT2D eigenvalue weighted by Crippen LogP contribution is 2.10. The van der Waals surface area contributed by atoms with Gasteiger partial charge in [-0.1, -0.05) is 6.92 Å². The van der Waals surface area contributed by atoms with Crippen molar-refractivity contribution < 1.29 is 14.4 Å². The first-order chi connectivity index (χ1) is 8.92. The molecule has 0 aliphatic heterocycles. The van der Waals surface area contributed by atoms with E-state index in [4.69, 9.17) is 0 Å². The van der Waals surface area contributed by atoms with Crippen LogP contribution >= 0.6 is 0 Å². The lowest BCUT2D eigenvalue weighted by Gasteiger charge is -2.17. The number of Topliss-reactive ketones (excluding diaryl/α,β-unsaturated/α-hetero) is 3. The van der Waals surface area contributed by atoms with E-state index in [1.165, 1.54) is 13.8 Å². The molecule has 0 rings (SSSR count). The lowest BCUT2D eigenvalue weighted by Crippen LogP contribution is -2.41. The van der Waals surface area contributed by atoms with Crippen LogP contribution in [0.4, 0.5) is 0 Å². The summed E-state index contributed by atoms with van der Waals surface area (Å²) < 4.78 is 0. The molecule has 0 heterocycles. The van der Waals surface area contributed by atoms with Gasteiger partial charge in [-0.15, -0.1) is 0 Å². The van der Waals surface area contributed by atoms with Crippen LogP contribution in [0.15, 0.2) is 0 Å². The Bertz CT molecular complexity index is 316. The number of hydrogen-bond donors (Lipinski definition) is 2. The summed E-state index contributed by atoms with van der Waals surface area (Å²) in [6, 6.07) is -0.300. The average molecular weight is 270 g/mol. The Kier molecular flexibility index (Phi) is 9.26. The van der Waals surface area contributed by atoms with Crippen molar-refractivity contribution in [3.8, 4) is 0 Å². The van der Waals surface area contributed by atoms with Crippen molar-refractivity contribution in [2.24, 2.45) is 5.92 Å². The van der Waals surface area contributed by atoms with Gasteiger partial charge in [-0.05, 0) is 40.3 Å². The SMILES string of the molecule is CC[C@H](CC(C)=O)C(=O)CN[C@@H](CCNC)C(C)=O. The summed E-state index contributed by atoms with van der Waals surface area (Å²) >= 11 is 0. The van der Waals surface area contributed by atoms with Crippen LogP contribution in [-0.4, -0.2) is 43.5 Å². The predicted octanol–water partition coefficient (Wildman–Crippen LogP) is 0.718. The van der Waals surface area contributed by atoms with Gasteiger partial charge in [0.2, 0.25) is 0 Å². The molecule has 0 amide bonds. The lowest BCUT2D eigenvalue weighted by atomic mass is 9.95. The molecule has 0 unspecified atom stereocenters. The minimum absolute atomic E-state index is 0.00778. The van der Waals surface area contributed by atoms with Gasteiger partial charge in [0, 0.05) is 12.3 Å². The number of hydrogen-bond acceptors (Lipinski definition) is 5. The van der Waals surface area contributed by atoms with Crippen molar-refractivity contribution in [1.29, 1.82) is 0 Å². The van der Waals surface area contributed by atoms with Crippen LogP contribution in [0.25, 0.3) is 0 Å². The number of rotatable bonds is 11. The molecule has 0 aromatic rings. The third kappa shape index (κ3) is 7.85. The van der Waals surface area contributed by atoms with Crippen molar-refractivity contribution in [3.63, 3.8) is 0 Å². The Labute approximate surface area is 115 Å². The van der Waals surface area contributed by atoms with Crippen molar-refractivity contribution in [2.45, 2.75) is 46.1 Å². The molecule has 110 valence electrons. The topological polar surface area (TPSA) is 75.3 Å². The number of carbonyl (C=O) groups is 3. The monoisotopic (exact) mass is 270 g/mol. The average Bonchev–Trinajstić information content (AvgIpc) is 2.34. The summed E-state index contributed by atoms with van der Waals surface area (Å²) in [4.78, 5) is 34.5. The van der Waals surface area contributed by atoms with Gasteiger partial charge in [0.1, 0.15) is 17.3 Å². The van der Waals surface area contributed by atoms with Gasteiger partial charge < -0.3 is 15.4 Å². The van der Waals surface area contributed by atoms with Gasteiger partial charge in [0.05, 0.1) is 12.6 Å². The van der Waals surface area contributed by atoms with Crippen LogP contribution in [0.3, 0.4) is 0 Å². The maximum atomic E-state index is 12.0. The van der Waals surface area contributed by atoms with E-state index in [2.05, 4.69) is 10.6 Å². The van der Waals surface area contributed by atoms with E-state index in [0.717, 1.165) is 6.54 Å². The van der Waals surface area contributed by atoms with Gasteiger partial charge in [0.25, 0.3) is 0 Å². The standard InChI is InChI=1S/C14H26N2O3/c1-5-12(8-10(2)17)14(19)9-16-13(11(3)18)6-7-15-4/h12-13,15-16H,5-9H2,1-4H3/t12-,13+/m1/s1. The summed E-state index contributed by atoms with van der Waals surface area (Å²) in [6.45, 7) is 5.78. The highest BCUT2D eigenvalue weighted by molar-refractivity contribution is 5.89. The van der Waals surface area contributed by atoms with Gasteiger partial charge in [-0.2, -0.15) is 0 Å². The van der Waals surface area contributed by atoms with Crippen LogP contribution in [0.5, 0.6) is 0 Å². The molecule has 19 heavy (non-hydrogen) atoms. The molecule has 0 saturated carbocycles. The molecule has 0 aliphatic rings. The maximum absolute atomic E-state index is 12.0. The number of ketones is 3. The zero-order chi connectivity index (χ0) is 14.8. The molecule has 0 fully saturated rings. The largest absolute Gasteiger partial charge is 0.320 e. The predicted molar refractivity (Wildman–Crippen MR) is 75.1 cm³/mol. The summed E-state index contributed by atoms with van der Waals surface area (Å²) in [5.41, 5.74) is 0. The van der Waals surface area contributed by atoms with E-state index in [9.17, 15) is 14.4 Å². The first kappa shape index (κ1) is 17.9. The molecule has 2 N–H and O–H groups in total. The van der Waals surface area contributed by atoms with E-state index in [1.54, 1.807) is 0 Å². The fourth-order valence-corrected chi connectivity index (χ4v) is 1.94. The minimum Gasteiger partial charge on any atom is -0.320 e. The van der Waals surface area contributed by atoms with Crippen LogP contribution in [-0.2, 0) is 14.4 Å². The molecule has 0 spiro atoms. The van der Waals surface area contributed by atoms with Crippen LogP contribution in [0, 0.1) is 5.92 Å². The first-order valence-corrected chi connectivity index (χ1v) is 6.82. The molecule has 2 atom stereocenters. The summed E-state index contributed by atoms with van der Waals surface area (Å²) in [6.07, 6.45) is 1.60. The zero-order valence-corrected chi connectivity index (χ0v) is 12.4. The molecular weight excluding hydrogens is 244 g/mol. The molecule has 5 heteroatoms. The Hall–Kier alpha value is -1.07. The van der Waals surface area contributed by atoms with Gasteiger partial charge >= 0.3 is 0 Å². The Morgan fingerprint density at radius 1 is 1.16 bits per heavy atom. The van der Waals surface area contributed by atoms with Gasteiger partial charge in [0.15, 0.2) is 0 Å². The second-order valence-electron chi connectivity index (χ2n) is 4.91. The summed E-state index contributed by atoms with van der Waals surface area (Å²) in [5.74, 6) is -0.170. The quantitative estimate of drug-likeness (QED) is 0.578. The first-order valence-electron chi connectivity index (χ1n) is 6.82. The molecule has 5 nitrogen and oxygen atoms in total. The third-order valence-electron chi connectivity index (χ3n) is 3.18. The van der Waals surface area contributed by atoms with Crippen molar-refractivity contribution in [1.82, 2.24) is 10.6 Å². The van der Waals surface area contributed by atoms with E-state index < -0.39 is 0 Å². The molecule has 0 aromatic carbocycles. The minimum atomic E-state index is -0.300. The highest BCUT2D eigenvalue weighted by Gasteiger charge is 2.20. The second kappa shape index (κ2) is 9.81. The molecule has 0 saturated heterocycles. The van der Waals surface area contributed by atoms with Crippen LogP contribution in [0.2, 0.25) is 0 Å². The fraction of sp³-hybridized carbons (Fsp3) is 0.786. The lowest BCUT2D eigenvalue weighted by molar-refractivity contribution is -0.127. The van der Waals surface area contributed by atoms with Crippen LogP contribution in [0.1, 0.15) is 40.0 Å². The zero-order valence-electron chi connectivity index (χ0n) is 12.4. The van der Waals surface area contributed by atoms with E-state index >= 15 is 0 Å². The maximum Gasteiger partial charge on any atom is 0.150 e. The van der Waals surface area contributed by atoms with Crippen molar-refractivity contribution in [2.75, 3.05) is 20.1 Å². The molecule has 0 aromatic heterocycles. The van der Waals surface area contributed by atoms with Gasteiger partial charge in [-0.3, -0.25) is 9.59 Å².